The van der Waals surface area contributed by atoms with Crippen molar-refractivity contribution in [2.75, 3.05) is 0 Å². The molecule has 2 N–H and O–H groups in total. The summed E-state index contributed by atoms with van der Waals surface area (Å²) in [6.07, 6.45) is 2.86. The van der Waals surface area contributed by atoms with Gasteiger partial charge < -0.3 is 5.73 Å². The molecule has 1 unspecified atom stereocenters. The van der Waals surface area contributed by atoms with Gasteiger partial charge in [-0.3, -0.25) is 4.68 Å². The van der Waals surface area contributed by atoms with E-state index in [1.807, 2.05) is 10.9 Å². The van der Waals surface area contributed by atoms with Crippen molar-refractivity contribution in [2.24, 2.45) is 5.73 Å². The zero-order valence-corrected chi connectivity index (χ0v) is 14.3. The quantitative estimate of drug-likeness (QED) is 0.845. The maximum Gasteiger partial charge on any atom is 0.0829 e. The monoisotopic (exact) mass is 391 g/mol. The van der Waals surface area contributed by atoms with Crippen LogP contribution in [0.5, 0.6) is 0 Å². The molecule has 3 nitrogen and oxygen atoms in total. The van der Waals surface area contributed by atoms with E-state index in [0.29, 0.717) is 0 Å². The Bertz CT molecular complexity index is 528. The summed E-state index contributed by atoms with van der Waals surface area (Å²) in [4.78, 5) is 1.15. The van der Waals surface area contributed by atoms with Crippen LogP contribution < -0.4 is 5.73 Å². The highest BCUT2D eigenvalue weighted by Gasteiger charge is 2.20. The molecule has 0 aliphatic carbocycles. The molecule has 0 radical (unpaired) electrons. The molecule has 2 aromatic heterocycles. The van der Waals surface area contributed by atoms with Crippen molar-refractivity contribution in [3.05, 3.63) is 36.7 Å². The number of rotatable bonds is 4. The number of halogens is 2. The van der Waals surface area contributed by atoms with Gasteiger partial charge in [0.15, 0.2) is 0 Å². The predicted molar refractivity (Wildman–Crippen MR) is 83.0 cm³/mol. The number of hydrogen-bond acceptors (Lipinski definition) is 3. The summed E-state index contributed by atoms with van der Waals surface area (Å²) >= 11 is 8.77. The van der Waals surface area contributed by atoms with Crippen molar-refractivity contribution in [2.45, 2.75) is 32.9 Å². The molecule has 6 heteroatoms. The molecule has 0 saturated carbocycles. The Morgan fingerprint density at radius 2 is 2.22 bits per heavy atom. The smallest absolute Gasteiger partial charge is 0.0829 e. The average molecular weight is 393 g/mol. The van der Waals surface area contributed by atoms with Gasteiger partial charge in [-0.1, -0.05) is 6.92 Å². The van der Waals surface area contributed by atoms with E-state index >= 15 is 0 Å². The third-order valence-corrected chi connectivity index (χ3v) is 5.58. The lowest BCUT2D eigenvalue weighted by atomic mass is 10.1. The Morgan fingerprint density at radius 3 is 2.78 bits per heavy atom. The van der Waals surface area contributed by atoms with Crippen molar-refractivity contribution < 1.29 is 0 Å². The molecule has 0 bridgehead atoms. The van der Waals surface area contributed by atoms with E-state index in [2.05, 4.69) is 56.9 Å². The Morgan fingerprint density at radius 1 is 1.50 bits per heavy atom. The van der Waals surface area contributed by atoms with Crippen LogP contribution >= 0.6 is 43.2 Å². The summed E-state index contributed by atoms with van der Waals surface area (Å²) in [5.74, 6) is 0. The zero-order chi connectivity index (χ0) is 13.3. The third-order valence-electron chi connectivity index (χ3n) is 2.75. The molecule has 2 heterocycles. The van der Waals surface area contributed by atoms with Gasteiger partial charge in [0.25, 0.3) is 0 Å². The Hall–Kier alpha value is -0.170. The second-order valence-corrected chi connectivity index (χ2v) is 7.44. The van der Waals surface area contributed by atoms with Gasteiger partial charge in [-0.15, -0.1) is 11.3 Å². The highest BCUT2D eigenvalue weighted by atomic mass is 79.9. The van der Waals surface area contributed by atoms with E-state index in [9.17, 15) is 0 Å². The van der Waals surface area contributed by atoms with Crippen LogP contribution in [0.3, 0.4) is 0 Å². The van der Waals surface area contributed by atoms with E-state index in [-0.39, 0.29) is 6.04 Å². The first-order chi connectivity index (χ1) is 8.54. The molecule has 0 aliphatic rings. The first-order valence-corrected chi connectivity index (χ1v) is 8.17. The molecule has 98 valence electrons. The predicted octanol–water partition coefficient (Wildman–Crippen LogP) is 4.24. The second-order valence-electron chi connectivity index (χ2n) is 4.18. The van der Waals surface area contributed by atoms with Gasteiger partial charge in [-0.2, -0.15) is 5.10 Å². The number of nitrogens with zero attached hydrogens (tertiary/aromatic N) is 2. The number of hydrogen-bond donors (Lipinski definition) is 1. The van der Waals surface area contributed by atoms with E-state index < -0.39 is 0 Å². The maximum absolute atomic E-state index is 6.37. The van der Waals surface area contributed by atoms with Crippen molar-refractivity contribution in [1.29, 1.82) is 0 Å². The van der Waals surface area contributed by atoms with Crippen molar-refractivity contribution in [1.82, 2.24) is 9.78 Å². The minimum Gasteiger partial charge on any atom is -0.318 e. The zero-order valence-electron chi connectivity index (χ0n) is 10.3. The molecule has 2 aromatic rings. The molecular weight excluding hydrogens is 378 g/mol. The fourth-order valence-corrected chi connectivity index (χ4v) is 3.96. The molecule has 18 heavy (non-hydrogen) atoms. The van der Waals surface area contributed by atoms with Crippen LogP contribution in [0.4, 0.5) is 0 Å². The normalized spacial score (nSPS) is 12.9. The molecule has 0 spiro atoms. The summed E-state index contributed by atoms with van der Waals surface area (Å²) in [6, 6.07) is 2.00. The van der Waals surface area contributed by atoms with Gasteiger partial charge in [0.05, 0.1) is 26.2 Å². The fourth-order valence-electron chi connectivity index (χ4n) is 1.84. The van der Waals surface area contributed by atoms with Crippen LogP contribution in [0.1, 0.15) is 35.5 Å². The van der Waals surface area contributed by atoms with Crippen LogP contribution in [-0.4, -0.2) is 9.78 Å². The van der Waals surface area contributed by atoms with Gasteiger partial charge in [0, 0.05) is 11.4 Å². The fraction of sp³-hybridized carbons (Fsp3) is 0.417. The van der Waals surface area contributed by atoms with Crippen LogP contribution in [0.25, 0.3) is 0 Å². The molecule has 0 fully saturated rings. The standard InChI is InChI=1S/C12H15Br2N3S/c1-3-4-17-11(8(13)6-16-17)10(15)9-5-7(2)12(14)18-9/h5-6,10H,3-4,15H2,1-2H3. The largest absolute Gasteiger partial charge is 0.318 e. The van der Waals surface area contributed by atoms with Crippen molar-refractivity contribution in [3.8, 4) is 0 Å². The first kappa shape index (κ1) is 14.2. The molecule has 0 aliphatic heterocycles. The minimum absolute atomic E-state index is 0.136. The average Bonchev–Trinajstić information content (AvgIpc) is 2.84. The van der Waals surface area contributed by atoms with Gasteiger partial charge in [-0.05, 0) is 56.8 Å². The molecular formula is C12H15Br2N3S. The van der Waals surface area contributed by atoms with Gasteiger partial charge in [0.2, 0.25) is 0 Å². The van der Waals surface area contributed by atoms with E-state index in [0.717, 1.165) is 31.8 Å². The van der Waals surface area contributed by atoms with Crippen LogP contribution in [-0.2, 0) is 6.54 Å². The van der Waals surface area contributed by atoms with Crippen LogP contribution in [0.2, 0.25) is 0 Å². The summed E-state index contributed by atoms with van der Waals surface area (Å²) in [5.41, 5.74) is 8.65. The lowest BCUT2D eigenvalue weighted by Crippen LogP contribution is -2.17. The highest BCUT2D eigenvalue weighted by molar-refractivity contribution is 9.11. The van der Waals surface area contributed by atoms with Gasteiger partial charge >= 0.3 is 0 Å². The molecule has 0 aromatic carbocycles. The summed E-state index contributed by atoms with van der Waals surface area (Å²) < 4.78 is 4.11. The number of aryl methyl sites for hydroxylation is 2. The molecule has 0 saturated heterocycles. The maximum atomic E-state index is 6.37. The van der Waals surface area contributed by atoms with E-state index in [1.54, 1.807) is 11.3 Å². The summed E-state index contributed by atoms with van der Waals surface area (Å²) in [5, 5.41) is 4.36. The lowest BCUT2D eigenvalue weighted by molar-refractivity contribution is 0.560. The summed E-state index contributed by atoms with van der Waals surface area (Å²) in [7, 11) is 0. The lowest BCUT2D eigenvalue weighted by Gasteiger charge is -2.13. The molecule has 2 rings (SSSR count). The SMILES string of the molecule is CCCn1ncc(Br)c1C(N)c1cc(C)c(Br)s1. The first-order valence-electron chi connectivity index (χ1n) is 5.77. The minimum atomic E-state index is -0.136. The number of thiophene rings is 1. The highest BCUT2D eigenvalue weighted by Crippen LogP contribution is 2.35. The van der Waals surface area contributed by atoms with Crippen molar-refractivity contribution >= 4 is 43.2 Å². The Balaban J connectivity index is 2.38. The Labute approximate surface area is 128 Å². The van der Waals surface area contributed by atoms with Gasteiger partial charge in [0.1, 0.15) is 0 Å². The van der Waals surface area contributed by atoms with Crippen LogP contribution in [0.15, 0.2) is 20.5 Å². The molecule has 0 amide bonds. The summed E-state index contributed by atoms with van der Waals surface area (Å²) in [6.45, 7) is 5.10. The second kappa shape index (κ2) is 5.86. The topological polar surface area (TPSA) is 43.8 Å². The molecule has 1 atom stereocenters. The van der Waals surface area contributed by atoms with Gasteiger partial charge in [-0.25, -0.2) is 0 Å². The third kappa shape index (κ3) is 2.71. The van der Waals surface area contributed by atoms with Crippen LogP contribution in [0, 0.1) is 6.92 Å². The van der Waals surface area contributed by atoms with E-state index in [1.165, 1.54) is 5.56 Å². The number of aromatic nitrogens is 2. The van der Waals surface area contributed by atoms with Crippen molar-refractivity contribution in [3.63, 3.8) is 0 Å². The number of nitrogens with two attached hydrogens (primary N) is 1. The Kier molecular flexibility index (Phi) is 4.64. The van der Waals surface area contributed by atoms with E-state index in [4.69, 9.17) is 5.73 Å².